The van der Waals surface area contributed by atoms with Crippen molar-refractivity contribution in [1.29, 1.82) is 0 Å². The number of rotatable bonds is 2. The molecular weight excluding hydrogens is 330 g/mol. The highest BCUT2D eigenvalue weighted by Crippen LogP contribution is 2.34. The summed E-state index contributed by atoms with van der Waals surface area (Å²) in [4.78, 5) is 21.6. The van der Waals surface area contributed by atoms with Crippen LogP contribution in [0.25, 0.3) is 16.5 Å². The Bertz CT molecular complexity index is 1030. The highest BCUT2D eigenvalue weighted by molar-refractivity contribution is 5.87. The summed E-state index contributed by atoms with van der Waals surface area (Å²) >= 11 is 0. The summed E-state index contributed by atoms with van der Waals surface area (Å²) in [5.74, 6) is -0.0675. The number of allylic oxidation sites excluding steroid dienone is 2. The summed E-state index contributed by atoms with van der Waals surface area (Å²) < 4.78 is 1.65. The molecule has 0 saturated heterocycles. The number of nitrogens with two attached hydrogens (primary N) is 1. The number of guanidine groups is 1. The molecule has 3 rings (SSSR count). The van der Waals surface area contributed by atoms with Crippen molar-refractivity contribution in [1.82, 2.24) is 15.0 Å². The number of aryl methyl sites for hydroxylation is 2. The minimum absolute atomic E-state index is 0.0675. The first-order valence-electron chi connectivity index (χ1n) is 8.36. The molecule has 0 bridgehead atoms. The lowest BCUT2D eigenvalue weighted by Crippen LogP contribution is -2.34. The fourth-order valence-electron chi connectivity index (χ4n) is 3.28. The highest BCUT2D eigenvalue weighted by atomic mass is 16.5. The number of aliphatic imine (C=N–C) groups is 1. The Morgan fingerprint density at radius 1 is 1.42 bits per heavy atom. The van der Waals surface area contributed by atoms with Gasteiger partial charge in [-0.1, -0.05) is 6.08 Å². The summed E-state index contributed by atoms with van der Waals surface area (Å²) in [6.07, 6.45) is 6.36. The number of hydrogen-bond acceptors (Lipinski definition) is 4. The Kier molecular flexibility index (Phi) is 4.41. The van der Waals surface area contributed by atoms with Gasteiger partial charge in [-0.05, 0) is 56.5 Å². The van der Waals surface area contributed by atoms with E-state index in [9.17, 15) is 4.79 Å². The van der Waals surface area contributed by atoms with Gasteiger partial charge in [-0.2, -0.15) is 0 Å². The second-order valence-electron chi connectivity index (χ2n) is 6.92. The van der Waals surface area contributed by atoms with Crippen LogP contribution in [0.5, 0.6) is 0 Å². The molecule has 1 aliphatic carbocycles. The quantitative estimate of drug-likeness (QED) is 0.435. The summed E-state index contributed by atoms with van der Waals surface area (Å²) in [5, 5.41) is 9.83. The summed E-state index contributed by atoms with van der Waals surface area (Å²) in [7, 11) is 1.76. The van der Waals surface area contributed by atoms with Gasteiger partial charge in [0.25, 0.3) is 5.56 Å². The van der Waals surface area contributed by atoms with Gasteiger partial charge in [0.1, 0.15) is 0 Å². The third-order valence-electron chi connectivity index (χ3n) is 4.73. The smallest absolute Gasteiger partial charge is 0.258 e. The number of nitrogens with one attached hydrogen (secondary N) is 1. The van der Waals surface area contributed by atoms with E-state index in [0.29, 0.717) is 12.0 Å². The molecule has 1 atom stereocenters. The van der Waals surface area contributed by atoms with Crippen LogP contribution in [0.1, 0.15) is 31.5 Å². The van der Waals surface area contributed by atoms with E-state index in [4.69, 9.17) is 10.9 Å². The van der Waals surface area contributed by atoms with E-state index >= 15 is 0 Å². The van der Waals surface area contributed by atoms with Crippen LogP contribution in [0.15, 0.2) is 45.8 Å². The summed E-state index contributed by atoms with van der Waals surface area (Å²) in [5.41, 5.74) is 10.9. The molecule has 0 aliphatic heterocycles. The fraction of sp³-hybridized carbons (Fsp3) is 0.316. The predicted octanol–water partition coefficient (Wildman–Crippen LogP) is 2.03. The number of aromatic nitrogens is 2. The zero-order valence-electron chi connectivity index (χ0n) is 15.4. The minimum Gasteiger partial charge on any atom is -0.368 e. The van der Waals surface area contributed by atoms with E-state index in [2.05, 4.69) is 9.98 Å². The van der Waals surface area contributed by atoms with Crippen LogP contribution in [0.4, 0.5) is 0 Å². The fourth-order valence-corrected chi connectivity index (χ4v) is 3.28. The van der Waals surface area contributed by atoms with Gasteiger partial charge in [0.05, 0.1) is 11.1 Å². The predicted molar refractivity (Wildman–Crippen MR) is 103 cm³/mol. The van der Waals surface area contributed by atoms with Crippen LogP contribution >= 0.6 is 0 Å². The molecule has 26 heavy (non-hydrogen) atoms. The lowest BCUT2D eigenvalue weighted by molar-refractivity contribution is 0.231. The Morgan fingerprint density at radius 3 is 2.85 bits per heavy atom. The largest absolute Gasteiger partial charge is 0.368 e. The van der Waals surface area contributed by atoms with E-state index in [1.807, 2.05) is 50.5 Å². The first-order chi connectivity index (χ1) is 12.2. The third kappa shape index (κ3) is 3.13. The molecule has 1 aliphatic rings. The minimum atomic E-state index is -0.653. The van der Waals surface area contributed by atoms with E-state index in [0.717, 1.165) is 27.7 Å². The van der Waals surface area contributed by atoms with Crippen LogP contribution in [0.3, 0.4) is 0 Å². The maximum Gasteiger partial charge on any atom is 0.258 e. The summed E-state index contributed by atoms with van der Waals surface area (Å²) in [6, 6.07) is 3.77. The van der Waals surface area contributed by atoms with Crippen molar-refractivity contribution >= 4 is 22.4 Å². The van der Waals surface area contributed by atoms with Gasteiger partial charge in [-0.15, -0.1) is 0 Å². The van der Waals surface area contributed by atoms with Crippen LogP contribution in [-0.4, -0.2) is 26.3 Å². The second kappa shape index (κ2) is 6.42. The number of pyridine rings is 2. The van der Waals surface area contributed by atoms with E-state index in [1.54, 1.807) is 17.8 Å². The third-order valence-corrected chi connectivity index (χ3v) is 4.73. The standard InChI is InChI=1S/C19H23N5O2/c1-11-5-6-19(3,22-18(20)23-26)9-15(11)14-8-13-10-21-12(2)7-16(13)24(4)17(14)25/h5,7-10,26H,6H2,1-4H3,(H3,20,22,23)/t19-/m1/s1. The molecule has 136 valence electrons. The zero-order valence-corrected chi connectivity index (χ0v) is 15.4. The van der Waals surface area contributed by atoms with Gasteiger partial charge < -0.3 is 10.3 Å². The first kappa shape index (κ1) is 17.9. The van der Waals surface area contributed by atoms with Gasteiger partial charge in [-0.3, -0.25) is 15.0 Å². The lowest BCUT2D eigenvalue weighted by Gasteiger charge is -2.27. The summed E-state index contributed by atoms with van der Waals surface area (Å²) in [6.45, 7) is 5.77. The molecule has 0 unspecified atom stereocenters. The van der Waals surface area contributed by atoms with Gasteiger partial charge in [0.15, 0.2) is 0 Å². The first-order valence-corrected chi connectivity index (χ1v) is 8.36. The molecule has 2 heterocycles. The Balaban J connectivity index is 2.22. The SMILES string of the molecule is CC1=CC[C@@](C)(N=C(N)NO)C=C1c1cc2cnc(C)cc2n(C)c1=O. The average Bonchev–Trinajstić information content (AvgIpc) is 2.61. The van der Waals surface area contributed by atoms with Crippen LogP contribution in [-0.2, 0) is 7.05 Å². The van der Waals surface area contributed by atoms with Gasteiger partial charge in [0.2, 0.25) is 5.96 Å². The van der Waals surface area contributed by atoms with Gasteiger partial charge >= 0.3 is 0 Å². The molecule has 0 aromatic carbocycles. The molecule has 7 nitrogen and oxygen atoms in total. The number of hydrogen-bond donors (Lipinski definition) is 3. The van der Waals surface area contributed by atoms with Gasteiger partial charge in [-0.25, -0.2) is 10.5 Å². The van der Waals surface area contributed by atoms with Crippen molar-refractivity contribution in [2.24, 2.45) is 17.8 Å². The molecule has 0 fully saturated rings. The van der Waals surface area contributed by atoms with Crippen molar-refractivity contribution in [3.63, 3.8) is 0 Å². The van der Waals surface area contributed by atoms with Crippen molar-refractivity contribution in [2.45, 2.75) is 32.7 Å². The van der Waals surface area contributed by atoms with Crippen LogP contribution in [0, 0.1) is 6.92 Å². The molecular formula is C19H23N5O2. The Morgan fingerprint density at radius 2 is 2.15 bits per heavy atom. The van der Waals surface area contributed by atoms with E-state index in [1.165, 1.54) is 0 Å². The Hall–Kier alpha value is -2.93. The van der Waals surface area contributed by atoms with Crippen molar-refractivity contribution in [3.05, 3.63) is 57.7 Å². The van der Waals surface area contributed by atoms with Crippen LogP contribution < -0.4 is 16.8 Å². The number of hydroxylamine groups is 1. The van der Waals surface area contributed by atoms with Crippen molar-refractivity contribution in [2.75, 3.05) is 0 Å². The second-order valence-corrected chi connectivity index (χ2v) is 6.92. The topological polar surface area (TPSA) is 106 Å². The monoisotopic (exact) mass is 353 g/mol. The molecule has 2 aromatic heterocycles. The number of nitrogens with zero attached hydrogens (tertiary/aromatic N) is 3. The maximum atomic E-state index is 13.0. The Labute approximate surface area is 151 Å². The van der Waals surface area contributed by atoms with Crippen molar-refractivity contribution < 1.29 is 5.21 Å². The highest BCUT2D eigenvalue weighted by Gasteiger charge is 2.27. The molecule has 0 amide bonds. The van der Waals surface area contributed by atoms with E-state index < -0.39 is 5.54 Å². The number of fused-ring (bicyclic) bond motifs is 1. The zero-order chi connectivity index (χ0) is 19.1. The van der Waals surface area contributed by atoms with E-state index in [-0.39, 0.29) is 11.5 Å². The molecule has 0 radical (unpaired) electrons. The molecule has 7 heteroatoms. The molecule has 2 aromatic rings. The normalized spacial score (nSPS) is 20.7. The maximum absolute atomic E-state index is 13.0. The van der Waals surface area contributed by atoms with Crippen LogP contribution in [0.2, 0.25) is 0 Å². The molecule has 0 spiro atoms. The average molecular weight is 353 g/mol. The van der Waals surface area contributed by atoms with Crippen molar-refractivity contribution in [3.8, 4) is 0 Å². The lowest BCUT2D eigenvalue weighted by atomic mass is 9.84. The van der Waals surface area contributed by atoms with Gasteiger partial charge in [0, 0.05) is 29.9 Å². The molecule has 4 N–H and O–H groups in total. The molecule has 0 saturated carbocycles.